The van der Waals surface area contributed by atoms with Gasteiger partial charge in [0.25, 0.3) is 0 Å². The van der Waals surface area contributed by atoms with Crippen molar-refractivity contribution in [2.75, 3.05) is 7.11 Å². The molecule has 1 saturated carbocycles. The normalized spacial score (nSPS) is 31.9. The zero-order chi connectivity index (χ0) is 20.3. The van der Waals surface area contributed by atoms with Crippen molar-refractivity contribution in [3.63, 3.8) is 0 Å². The van der Waals surface area contributed by atoms with E-state index in [0.29, 0.717) is 17.6 Å². The summed E-state index contributed by atoms with van der Waals surface area (Å²) in [7, 11) is -2.65. The van der Waals surface area contributed by atoms with Gasteiger partial charge in [-0.05, 0) is 73.1 Å². The Bertz CT molecular complexity index is 958. The second-order valence-corrected chi connectivity index (χ2v) is 9.56. The number of benzene rings is 1. The number of carbonyl (C=O) groups excluding carboxylic acids is 1. The van der Waals surface area contributed by atoms with Crippen LogP contribution in [0.3, 0.4) is 0 Å². The lowest BCUT2D eigenvalue weighted by Gasteiger charge is -2.53. The van der Waals surface area contributed by atoms with E-state index in [1.165, 1.54) is 7.11 Å². The van der Waals surface area contributed by atoms with Gasteiger partial charge in [-0.2, -0.15) is 13.6 Å². The second kappa shape index (κ2) is 6.49. The fourth-order valence-electron chi connectivity index (χ4n) is 5.53. The lowest BCUT2D eigenvalue weighted by molar-refractivity contribution is -0.140. The molecule has 28 heavy (non-hydrogen) atoms. The van der Waals surface area contributed by atoms with Crippen LogP contribution in [0.25, 0.3) is 0 Å². The molecule has 0 spiro atoms. The van der Waals surface area contributed by atoms with E-state index in [2.05, 4.69) is 18.8 Å². The minimum atomic E-state index is -4.13. The Morgan fingerprint density at radius 3 is 2.71 bits per heavy atom. The maximum atomic E-state index is 12.7. The first-order valence-electron chi connectivity index (χ1n) is 9.54. The van der Waals surface area contributed by atoms with E-state index >= 15 is 0 Å². The molecule has 0 aromatic heterocycles. The lowest BCUT2D eigenvalue weighted by Crippen LogP contribution is -2.54. The quantitative estimate of drug-likeness (QED) is 0.801. The van der Waals surface area contributed by atoms with Gasteiger partial charge in [0.05, 0.1) is 12.5 Å². The van der Waals surface area contributed by atoms with Crippen LogP contribution < -0.4 is 19.4 Å². The van der Waals surface area contributed by atoms with E-state index in [0.717, 1.165) is 48.9 Å². The van der Waals surface area contributed by atoms with Gasteiger partial charge in [0.2, 0.25) is 5.91 Å². The molecule has 152 valence electrons. The van der Waals surface area contributed by atoms with Crippen LogP contribution in [0.2, 0.25) is 0 Å². The number of hydrogen-bond donors (Lipinski definition) is 2. The summed E-state index contributed by atoms with van der Waals surface area (Å²) in [5.41, 5.74) is 2.66. The highest BCUT2D eigenvalue weighted by atomic mass is 32.2. The molecule has 8 heteroatoms. The molecule has 7 nitrogen and oxygen atoms in total. The second-order valence-electron chi connectivity index (χ2n) is 8.41. The summed E-state index contributed by atoms with van der Waals surface area (Å²) >= 11 is 0. The number of fused-ring (bicyclic) bond motifs is 5. The van der Waals surface area contributed by atoms with E-state index in [9.17, 15) is 13.2 Å². The summed E-state index contributed by atoms with van der Waals surface area (Å²) in [6, 6.07) is 3.61. The lowest BCUT2D eigenvalue weighted by atomic mass is 9.52. The number of piperidine rings is 1. The predicted octanol–water partition coefficient (Wildman–Crippen LogP) is 2.37. The van der Waals surface area contributed by atoms with E-state index in [-0.39, 0.29) is 23.0 Å². The molecule has 1 aromatic carbocycles. The van der Waals surface area contributed by atoms with E-state index in [1.807, 2.05) is 6.07 Å². The number of nitrogens with two attached hydrogens (primary N) is 1. The molecule has 1 heterocycles. The van der Waals surface area contributed by atoms with Crippen LogP contribution in [0.4, 0.5) is 0 Å². The Labute approximate surface area is 165 Å². The Morgan fingerprint density at radius 1 is 1.29 bits per heavy atom. The summed E-state index contributed by atoms with van der Waals surface area (Å²) in [6.45, 7) is 6.08. The number of rotatable bonds is 3. The summed E-state index contributed by atoms with van der Waals surface area (Å²) in [6.07, 6.45) is 4.27. The molecule has 1 aromatic rings. The van der Waals surface area contributed by atoms with Crippen molar-refractivity contribution >= 4 is 16.2 Å². The summed E-state index contributed by atoms with van der Waals surface area (Å²) in [5, 5.41) is 7.98. The molecular formula is C20H26N2O5S. The first-order valence-corrected chi connectivity index (χ1v) is 11.0. The third-order valence-electron chi connectivity index (χ3n) is 6.88. The molecule has 4 atom stereocenters. The van der Waals surface area contributed by atoms with Crippen LogP contribution in [-0.2, 0) is 21.5 Å². The maximum Gasteiger partial charge on any atom is 0.380 e. The van der Waals surface area contributed by atoms with Gasteiger partial charge >= 0.3 is 10.3 Å². The SMILES string of the molecule is C=C1CC2C3CCc4cc(OS(N)(=O)=O)c(OC)cc4C3CC[C@]2(C)C(=O)N1. The number of carbonyl (C=O) groups is 1. The van der Waals surface area contributed by atoms with Gasteiger partial charge in [-0.25, -0.2) is 0 Å². The minimum absolute atomic E-state index is 0.0903. The van der Waals surface area contributed by atoms with Crippen molar-refractivity contribution in [2.24, 2.45) is 22.4 Å². The Morgan fingerprint density at radius 2 is 2.04 bits per heavy atom. The zero-order valence-corrected chi connectivity index (χ0v) is 17.0. The van der Waals surface area contributed by atoms with Crippen molar-refractivity contribution in [3.8, 4) is 11.5 Å². The van der Waals surface area contributed by atoms with Crippen molar-refractivity contribution in [1.82, 2.24) is 5.32 Å². The molecule has 2 aliphatic carbocycles. The van der Waals surface area contributed by atoms with E-state index in [4.69, 9.17) is 14.1 Å². The van der Waals surface area contributed by atoms with Gasteiger partial charge in [0.1, 0.15) is 0 Å². The fourth-order valence-corrected chi connectivity index (χ4v) is 5.91. The van der Waals surface area contributed by atoms with Crippen LogP contribution in [-0.4, -0.2) is 21.4 Å². The molecule has 2 fully saturated rings. The number of aryl methyl sites for hydroxylation is 1. The van der Waals surface area contributed by atoms with Gasteiger partial charge in [0, 0.05) is 5.70 Å². The molecule has 3 aliphatic rings. The number of ether oxygens (including phenoxy) is 1. The highest BCUT2D eigenvalue weighted by Crippen LogP contribution is 2.58. The molecule has 4 rings (SSSR count). The molecule has 0 bridgehead atoms. The first-order chi connectivity index (χ1) is 13.1. The minimum Gasteiger partial charge on any atom is -0.493 e. The van der Waals surface area contributed by atoms with Crippen LogP contribution in [0, 0.1) is 17.3 Å². The largest absolute Gasteiger partial charge is 0.493 e. The Kier molecular flexibility index (Phi) is 4.46. The monoisotopic (exact) mass is 406 g/mol. The maximum absolute atomic E-state index is 12.7. The van der Waals surface area contributed by atoms with Crippen LogP contribution in [0.5, 0.6) is 11.5 Å². The molecular weight excluding hydrogens is 380 g/mol. The third kappa shape index (κ3) is 3.08. The molecule has 1 aliphatic heterocycles. The number of methoxy groups -OCH3 is 1. The van der Waals surface area contributed by atoms with Crippen molar-refractivity contribution < 1.29 is 22.1 Å². The fraction of sp³-hybridized carbons (Fsp3) is 0.550. The third-order valence-corrected chi connectivity index (χ3v) is 7.29. The van der Waals surface area contributed by atoms with Crippen LogP contribution in [0.1, 0.15) is 49.7 Å². The van der Waals surface area contributed by atoms with Gasteiger partial charge in [-0.15, -0.1) is 0 Å². The van der Waals surface area contributed by atoms with Gasteiger partial charge in [0.15, 0.2) is 11.5 Å². The number of amides is 1. The molecule has 0 radical (unpaired) electrons. The Balaban J connectivity index is 1.72. The topological polar surface area (TPSA) is 108 Å². The first kappa shape index (κ1) is 19.3. The highest BCUT2D eigenvalue weighted by Gasteiger charge is 2.54. The van der Waals surface area contributed by atoms with Crippen molar-refractivity contribution in [2.45, 2.75) is 44.9 Å². The van der Waals surface area contributed by atoms with Crippen molar-refractivity contribution in [1.29, 1.82) is 0 Å². The van der Waals surface area contributed by atoms with Crippen LogP contribution >= 0.6 is 0 Å². The Hall–Kier alpha value is -2.06. The van der Waals surface area contributed by atoms with E-state index < -0.39 is 10.3 Å². The number of nitrogens with one attached hydrogen (secondary N) is 1. The predicted molar refractivity (Wildman–Crippen MR) is 104 cm³/mol. The summed E-state index contributed by atoms with van der Waals surface area (Å²) < 4.78 is 33.0. The van der Waals surface area contributed by atoms with E-state index in [1.54, 1.807) is 6.07 Å². The zero-order valence-electron chi connectivity index (χ0n) is 16.2. The number of hydrogen-bond acceptors (Lipinski definition) is 5. The molecule has 1 saturated heterocycles. The number of allylic oxidation sites excluding steroid dienone is 1. The summed E-state index contributed by atoms with van der Waals surface area (Å²) in [5.74, 6) is 1.50. The van der Waals surface area contributed by atoms with Gasteiger partial charge in [-0.1, -0.05) is 13.5 Å². The highest BCUT2D eigenvalue weighted by molar-refractivity contribution is 7.84. The molecule has 1 amide bonds. The van der Waals surface area contributed by atoms with Crippen molar-refractivity contribution in [3.05, 3.63) is 35.5 Å². The molecule has 3 N–H and O–H groups in total. The average molecular weight is 407 g/mol. The van der Waals surface area contributed by atoms with Crippen LogP contribution in [0.15, 0.2) is 24.4 Å². The molecule has 3 unspecified atom stereocenters. The average Bonchev–Trinajstić information content (AvgIpc) is 2.60. The van der Waals surface area contributed by atoms with Gasteiger partial charge < -0.3 is 14.2 Å². The summed E-state index contributed by atoms with van der Waals surface area (Å²) in [4.78, 5) is 12.7. The standard InChI is InChI=1S/C20H26N2O5S/c1-11-8-16-14-5-4-12-9-18(27-28(21,24)25)17(26-3)10-15(12)13(14)6-7-20(16,2)19(23)22-11/h9-10,13-14,16H,1,4-8H2,2-3H3,(H,22,23)(H2,21,24,25)/t13?,14?,16?,20-/m0/s1. The van der Waals surface area contributed by atoms with Gasteiger partial charge in [-0.3, -0.25) is 4.79 Å². The smallest absolute Gasteiger partial charge is 0.380 e.